The molecule has 0 spiro atoms. The number of benzene rings is 2. The van der Waals surface area contributed by atoms with Gasteiger partial charge < -0.3 is 24.7 Å². The Labute approximate surface area is 209 Å². The summed E-state index contributed by atoms with van der Waals surface area (Å²) in [7, 11) is 6.60. The van der Waals surface area contributed by atoms with Crippen LogP contribution in [0.25, 0.3) is 21.3 Å². The van der Waals surface area contributed by atoms with Crippen molar-refractivity contribution < 1.29 is 23.9 Å². The van der Waals surface area contributed by atoms with Crippen LogP contribution in [-0.2, 0) is 19.3 Å². The molecule has 0 saturated carbocycles. The number of pyridine rings is 1. The van der Waals surface area contributed by atoms with Gasteiger partial charge in [-0.2, -0.15) is 4.98 Å². The van der Waals surface area contributed by atoms with E-state index in [9.17, 15) is 0 Å². The van der Waals surface area contributed by atoms with Crippen LogP contribution >= 0.6 is 11.3 Å². The topological polar surface area (TPSA) is 77.1 Å². The van der Waals surface area contributed by atoms with Crippen LogP contribution in [0.3, 0.4) is 0 Å². The average Bonchev–Trinajstić information content (AvgIpc) is 3.27. The highest BCUT2D eigenvalue weighted by Gasteiger charge is 2.28. The number of aromatic nitrogens is 1. The Kier molecular flexibility index (Phi) is 6.43. The fourth-order valence-corrected chi connectivity index (χ4v) is 6.40. The number of anilines is 1. The van der Waals surface area contributed by atoms with Crippen molar-refractivity contribution in [3.8, 4) is 34.1 Å². The van der Waals surface area contributed by atoms with Gasteiger partial charge in [0.2, 0.25) is 0 Å². The molecule has 1 aliphatic carbocycles. The van der Waals surface area contributed by atoms with E-state index in [1.807, 2.05) is 41.7 Å². The molecule has 7 heteroatoms. The van der Waals surface area contributed by atoms with Crippen molar-refractivity contribution in [2.75, 3.05) is 34.2 Å². The predicted octanol–water partition coefficient (Wildman–Crippen LogP) is 5.47. The lowest BCUT2D eigenvalue weighted by Gasteiger charge is -2.15. The van der Waals surface area contributed by atoms with Gasteiger partial charge in [-0.05, 0) is 66.6 Å². The Morgan fingerprint density at radius 3 is 2.20 bits per heavy atom. The molecule has 0 atom stereocenters. The van der Waals surface area contributed by atoms with Crippen molar-refractivity contribution in [3.63, 3.8) is 0 Å². The molecular formula is C28H31N2O4S+. The van der Waals surface area contributed by atoms with Crippen LogP contribution in [0.15, 0.2) is 36.4 Å². The van der Waals surface area contributed by atoms with Crippen molar-refractivity contribution in [1.82, 2.24) is 0 Å². The molecule has 3 N–H and O–H groups in total. The molecule has 35 heavy (non-hydrogen) atoms. The Bertz CT molecular complexity index is 1400. The number of rotatable bonds is 7. The minimum absolute atomic E-state index is 0.659. The van der Waals surface area contributed by atoms with E-state index < -0.39 is 0 Å². The number of fused-ring (bicyclic) bond motifs is 3. The monoisotopic (exact) mass is 491 g/mol. The molecule has 2 aromatic heterocycles. The first-order valence-corrected chi connectivity index (χ1v) is 12.6. The lowest BCUT2D eigenvalue weighted by molar-refractivity contribution is -0.352. The summed E-state index contributed by atoms with van der Waals surface area (Å²) in [5, 5.41) is 1.17. The maximum absolute atomic E-state index is 7.01. The fraction of sp³-hybridized carbons (Fsp3) is 0.321. The fourth-order valence-electron chi connectivity index (χ4n) is 5.07. The summed E-state index contributed by atoms with van der Waals surface area (Å²) in [5.74, 6) is 2.78. The summed E-state index contributed by atoms with van der Waals surface area (Å²) in [6.45, 7) is 0. The van der Waals surface area contributed by atoms with Gasteiger partial charge in [-0.25, -0.2) is 0 Å². The number of ether oxygens (including phenoxy) is 4. The van der Waals surface area contributed by atoms with E-state index in [1.165, 1.54) is 28.7 Å². The van der Waals surface area contributed by atoms with Gasteiger partial charge >= 0.3 is 0 Å². The lowest BCUT2D eigenvalue weighted by Crippen LogP contribution is -2.16. The third kappa shape index (κ3) is 4.14. The first-order valence-electron chi connectivity index (χ1n) is 11.8. The Hall–Kier alpha value is -3.45. The average molecular weight is 492 g/mol. The molecule has 0 aliphatic heterocycles. The molecule has 6 nitrogen and oxygen atoms in total. The Balaban J connectivity index is 1.72. The van der Waals surface area contributed by atoms with Crippen molar-refractivity contribution in [1.29, 1.82) is 0 Å². The van der Waals surface area contributed by atoms with Crippen LogP contribution in [0.2, 0.25) is 0 Å². The number of methoxy groups -OCH3 is 4. The van der Waals surface area contributed by atoms with E-state index in [0.29, 0.717) is 29.4 Å². The molecule has 0 amide bonds. The van der Waals surface area contributed by atoms with Crippen LogP contribution in [0.1, 0.15) is 34.5 Å². The summed E-state index contributed by atoms with van der Waals surface area (Å²) < 4.78 is 22.1. The number of nitrogen functional groups attached to an aromatic ring is 1. The molecule has 1 aliphatic rings. The highest BCUT2D eigenvalue weighted by atomic mass is 32.1. The van der Waals surface area contributed by atoms with Crippen LogP contribution < -0.4 is 29.7 Å². The third-order valence-electron chi connectivity index (χ3n) is 6.78. The zero-order valence-corrected chi connectivity index (χ0v) is 21.4. The van der Waals surface area contributed by atoms with Gasteiger partial charge in [-0.1, -0.05) is 23.5 Å². The molecule has 5 rings (SSSR count). The second-order valence-corrected chi connectivity index (χ2v) is 9.85. The van der Waals surface area contributed by atoms with Crippen molar-refractivity contribution in [3.05, 3.63) is 58.1 Å². The number of nitrogens with one attached hydrogen (secondary N) is 1. The first-order chi connectivity index (χ1) is 17.1. The van der Waals surface area contributed by atoms with Gasteiger partial charge in [0, 0.05) is 4.88 Å². The molecule has 4 aromatic rings. The zero-order valence-electron chi connectivity index (χ0n) is 20.6. The van der Waals surface area contributed by atoms with E-state index in [4.69, 9.17) is 24.7 Å². The van der Waals surface area contributed by atoms with E-state index in [1.54, 1.807) is 28.4 Å². The second kappa shape index (κ2) is 9.66. The van der Waals surface area contributed by atoms with Crippen LogP contribution in [0.4, 0.5) is 5.69 Å². The summed E-state index contributed by atoms with van der Waals surface area (Å²) in [6, 6.07) is 12.0. The van der Waals surface area contributed by atoms with E-state index in [2.05, 4.69) is 11.1 Å². The SMILES string of the molecule is COc1ccc(Cc2[nH+]c3sc4c(c3c(N)c2-c2ccc(OC)c(OC)c2)CCCC4)cc1OC. The molecule has 182 valence electrons. The van der Waals surface area contributed by atoms with Crippen LogP contribution in [0, 0.1) is 0 Å². The zero-order chi connectivity index (χ0) is 24.5. The van der Waals surface area contributed by atoms with Gasteiger partial charge in [-0.15, -0.1) is 0 Å². The van der Waals surface area contributed by atoms with Gasteiger partial charge in [0.05, 0.1) is 51.5 Å². The quantitative estimate of drug-likeness (QED) is 0.371. The van der Waals surface area contributed by atoms with E-state index >= 15 is 0 Å². The molecule has 0 radical (unpaired) electrons. The molecule has 0 fully saturated rings. The van der Waals surface area contributed by atoms with Crippen molar-refractivity contribution >= 4 is 27.2 Å². The largest absolute Gasteiger partial charge is 0.493 e. The maximum Gasteiger partial charge on any atom is 0.270 e. The predicted molar refractivity (Wildman–Crippen MR) is 140 cm³/mol. The molecule has 2 aromatic carbocycles. The van der Waals surface area contributed by atoms with E-state index in [-0.39, 0.29) is 0 Å². The molecule has 0 unspecified atom stereocenters. The number of aromatic amines is 1. The molecule has 2 heterocycles. The third-order valence-corrected chi connectivity index (χ3v) is 7.98. The number of thiophene rings is 1. The standard InChI is InChI=1S/C28H30N2O4S/c1-31-20-11-9-16(14-22(20)33-3)13-19-25(17-10-12-21(32-2)23(15-17)34-4)27(29)26-18-7-5-6-8-24(18)35-28(26)30-19/h9-12,14-15H,5-8,13H2,1-4H3,(H2,29,30)/p+1. The smallest absolute Gasteiger partial charge is 0.270 e. The Morgan fingerprint density at radius 1 is 0.829 bits per heavy atom. The summed E-state index contributed by atoms with van der Waals surface area (Å²) in [4.78, 5) is 6.37. The normalized spacial score (nSPS) is 12.9. The van der Waals surface area contributed by atoms with Gasteiger partial charge in [0.15, 0.2) is 28.7 Å². The van der Waals surface area contributed by atoms with Crippen molar-refractivity contribution in [2.45, 2.75) is 32.1 Å². The summed E-state index contributed by atoms with van der Waals surface area (Å²) >= 11 is 1.85. The number of aryl methyl sites for hydroxylation is 2. The molecular weight excluding hydrogens is 460 g/mol. The van der Waals surface area contributed by atoms with Crippen molar-refractivity contribution in [2.24, 2.45) is 0 Å². The first kappa shape index (κ1) is 23.3. The van der Waals surface area contributed by atoms with Crippen LogP contribution in [0.5, 0.6) is 23.0 Å². The number of H-pyrrole nitrogens is 1. The summed E-state index contributed by atoms with van der Waals surface area (Å²) in [5.41, 5.74) is 13.4. The summed E-state index contributed by atoms with van der Waals surface area (Å²) in [6.07, 6.45) is 5.30. The lowest BCUT2D eigenvalue weighted by atomic mass is 9.92. The highest BCUT2D eigenvalue weighted by molar-refractivity contribution is 7.18. The van der Waals surface area contributed by atoms with Gasteiger partial charge in [-0.3, -0.25) is 0 Å². The van der Waals surface area contributed by atoms with E-state index in [0.717, 1.165) is 45.7 Å². The van der Waals surface area contributed by atoms with Gasteiger partial charge in [0.25, 0.3) is 4.83 Å². The number of hydrogen-bond acceptors (Lipinski definition) is 6. The number of nitrogens with two attached hydrogens (primary N) is 1. The molecule has 0 bridgehead atoms. The minimum atomic E-state index is 0.659. The molecule has 0 saturated heterocycles. The number of hydrogen-bond donors (Lipinski definition) is 1. The Morgan fingerprint density at radius 2 is 1.49 bits per heavy atom. The maximum atomic E-state index is 7.01. The highest BCUT2D eigenvalue weighted by Crippen LogP contribution is 2.43. The minimum Gasteiger partial charge on any atom is -0.493 e. The van der Waals surface area contributed by atoms with Gasteiger partial charge in [0.1, 0.15) is 0 Å². The van der Waals surface area contributed by atoms with Crippen LogP contribution in [-0.4, -0.2) is 28.4 Å². The second-order valence-electron chi connectivity index (χ2n) is 8.74.